The zero-order chi connectivity index (χ0) is 35.6. The summed E-state index contributed by atoms with van der Waals surface area (Å²) in [5.74, 6) is 1.45. The SMILES string of the molecule is c1ccc(-c2ccc(C3=NC(c4ccc5ccccc5c4)=NC(c4cccc5oc6cc(-c7cccc8oc9ccccc9c78)ccc6c45)N3)cc2)cc1. The minimum atomic E-state index is -0.414. The van der Waals surface area contributed by atoms with Crippen molar-refractivity contribution in [2.45, 2.75) is 6.17 Å². The van der Waals surface area contributed by atoms with Gasteiger partial charge in [-0.1, -0.05) is 140 Å². The Labute approximate surface area is 310 Å². The van der Waals surface area contributed by atoms with Crippen molar-refractivity contribution < 1.29 is 8.83 Å². The third-order valence-corrected chi connectivity index (χ3v) is 10.6. The van der Waals surface area contributed by atoms with E-state index in [-0.39, 0.29) is 0 Å². The second kappa shape index (κ2) is 12.2. The molecule has 3 heterocycles. The van der Waals surface area contributed by atoms with E-state index in [1.54, 1.807) is 0 Å². The van der Waals surface area contributed by atoms with Crippen LogP contribution >= 0.6 is 0 Å². The molecule has 8 aromatic carbocycles. The third kappa shape index (κ3) is 5.01. The van der Waals surface area contributed by atoms with Gasteiger partial charge >= 0.3 is 0 Å². The average Bonchev–Trinajstić information content (AvgIpc) is 3.82. The van der Waals surface area contributed by atoms with Gasteiger partial charge in [0, 0.05) is 38.2 Å². The monoisotopic (exact) mass is 693 g/mol. The molecule has 0 fully saturated rings. The van der Waals surface area contributed by atoms with Crippen molar-refractivity contribution in [1.29, 1.82) is 0 Å². The zero-order valence-electron chi connectivity index (χ0n) is 29.0. The van der Waals surface area contributed by atoms with Crippen LogP contribution in [0.3, 0.4) is 0 Å². The number of rotatable bonds is 5. The summed E-state index contributed by atoms with van der Waals surface area (Å²) in [5.41, 5.74) is 10.9. The number of furan rings is 2. The van der Waals surface area contributed by atoms with Crippen LogP contribution in [-0.2, 0) is 0 Å². The Balaban J connectivity index is 1.04. The van der Waals surface area contributed by atoms with Crippen molar-refractivity contribution in [3.8, 4) is 22.3 Å². The van der Waals surface area contributed by atoms with Crippen LogP contribution in [0.15, 0.2) is 195 Å². The Morgan fingerprint density at radius 1 is 0.426 bits per heavy atom. The zero-order valence-corrected chi connectivity index (χ0v) is 29.0. The summed E-state index contributed by atoms with van der Waals surface area (Å²) in [6.45, 7) is 0. The van der Waals surface area contributed by atoms with Crippen molar-refractivity contribution in [2.75, 3.05) is 0 Å². The van der Waals surface area contributed by atoms with Crippen molar-refractivity contribution in [1.82, 2.24) is 5.32 Å². The predicted octanol–water partition coefficient (Wildman–Crippen LogP) is 12.5. The molecule has 54 heavy (non-hydrogen) atoms. The molecule has 10 aromatic rings. The number of amidine groups is 2. The van der Waals surface area contributed by atoms with E-state index in [0.29, 0.717) is 5.84 Å². The molecule has 5 nitrogen and oxygen atoms in total. The maximum absolute atomic E-state index is 6.62. The minimum Gasteiger partial charge on any atom is -0.456 e. The fourth-order valence-corrected chi connectivity index (χ4v) is 7.93. The summed E-state index contributed by atoms with van der Waals surface area (Å²) in [6, 6.07) is 61.0. The van der Waals surface area contributed by atoms with Gasteiger partial charge in [-0.3, -0.25) is 0 Å². The molecule has 254 valence electrons. The molecule has 0 saturated carbocycles. The van der Waals surface area contributed by atoms with Gasteiger partial charge in [-0.15, -0.1) is 0 Å². The topological polar surface area (TPSA) is 63.0 Å². The molecular formula is C49H31N3O2. The van der Waals surface area contributed by atoms with Gasteiger partial charge in [0.1, 0.15) is 34.3 Å². The molecule has 0 saturated heterocycles. The molecule has 5 heteroatoms. The lowest BCUT2D eigenvalue weighted by Gasteiger charge is -2.24. The molecule has 1 aliphatic heterocycles. The highest BCUT2D eigenvalue weighted by Gasteiger charge is 2.25. The van der Waals surface area contributed by atoms with Gasteiger partial charge in [-0.05, 0) is 69.4 Å². The maximum atomic E-state index is 6.62. The van der Waals surface area contributed by atoms with Crippen molar-refractivity contribution in [3.05, 3.63) is 193 Å². The van der Waals surface area contributed by atoms with Crippen LogP contribution < -0.4 is 5.32 Å². The Bertz CT molecular complexity index is 3130. The van der Waals surface area contributed by atoms with Gasteiger partial charge in [0.05, 0.1) is 0 Å². The van der Waals surface area contributed by atoms with E-state index in [4.69, 9.17) is 18.8 Å². The van der Waals surface area contributed by atoms with Gasteiger partial charge in [-0.2, -0.15) is 0 Å². The van der Waals surface area contributed by atoms with Crippen LogP contribution in [0.2, 0.25) is 0 Å². The fourth-order valence-electron chi connectivity index (χ4n) is 7.93. The first-order chi connectivity index (χ1) is 26.7. The van der Waals surface area contributed by atoms with E-state index in [1.807, 2.05) is 36.4 Å². The van der Waals surface area contributed by atoms with E-state index < -0.39 is 6.17 Å². The summed E-state index contributed by atoms with van der Waals surface area (Å²) in [7, 11) is 0. The molecule has 1 atom stereocenters. The largest absolute Gasteiger partial charge is 0.456 e. The first kappa shape index (κ1) is 30.4. The Morgan fingerprint density at radius 2 is 1.07 bits per heavy atom. The van der Waals surface area contributed by atoms with Crippen LogP contribution in [0.4, 0.5) is 0 Å². The normalized spacial score (nSPS) is 14.5. The van der Waals surface area contributed by atoms with Crippen LogP contribution in [0.1, 0.15) is 22.9 Å². The lowest BCUT2D eigenvalue weighted by atomic mass is 9.97. The highest BCUT2D eigenvalue weighted by Crippen LogP contribution is 2.41. The third-order valence-electron chi connectivity index (χ3n) is 10.6. The van der Waals surface area contributed by atoms with E-state index in [2.05, 4.69) is 145 Å². The molecule has 1 unspecified atom stereocenters. The quantitative estimate of drug-likeness (QED) is 0.195. The number of hydrogen-bond acceptors (Lipinski definition) is 5. The molecule has 2 aromatic heterocycles. The van der Waals surface area contributed by atoms with Gasteiger partial charge < -0.3 is 14.2 Å². The van der Waals surface area contributed by atoms with Gasteiger partial charge in [0.15, 0.2) is 5.84 Å². The van der Waals surface area contributed by atoms with E-state index in [0.717, 1.165) is 88.5 Å². The summed E-state index contributed by atoms with van der Waals surface area (Å²) < 4.78 is 12.8. The van der Waals surface area contributed by atoms with Crippen LogP contribution in [0.5, 0.6) is 0 Å². The molecule has 0 radical (unpaired) electrons. The lowest BCUT2D eigenvalue weighted by molar-refractivity contribution is 0.662. The number of hydrogen-bond donors (Lipinski definition) is 1. The number of aliphatic imine (C=N–C) groups is 2. The Kier molecular flexibility index (Phi) is 6.85. The maximum Gasteiger partial charge on any atom is 0.159 e. The predicted molar refractivity (Wildman–Crippen MR) is 221 cm³/mol. The first-order valence-electron chi connectivity index (χ1n) is 18.2. The number of benzene rings is 8. The van der Waals surface area contributed by atoms with Crippen LogP contribution in [0.25, 0.3) is 76.9 Å². The summed E-state index contributed by atoms with van der Waals surface area (Å²) in [5, 5.41) is 10.3. The van der Waals surface area contributed by atoms with E-state index in [9.17, 15) is 0 Å². The van der Waals surface area contributed by atoms with Gasteiger partial charge in [0.25, 0.3) is 0 Å². The first-order valence-corrected chi connectivity index (χ1v) is 18.2. The van der Waals surface area contributed by atoms with Crippen LogP contribution in [-0.4, -0.2) is 11.7 Å². The molecule has 0 bridgehead atoms. The molecule has 11 rings (SSSR count). The van der Waals surface area contributed by atoms with E-state index >= 15 is 0 Å². The second-order valence-electron chi connectivity index (χ2n) is 13.8. The van der Waals surface area contributed by atoms with Crippen molar-refractivity contribution >= 4 is 66.3 Å². The summed E-state index contributed by atoms with van der Waals surface area (Å²) in [4.78, 5) is 10.4. The minimum absolute atomic E-state index is 0.414. The summed E-state index contributed by atoms with van der Waals surface area (Å²) >= 11 is 0. The molecule has 0 spiro atoms. The average molecular weight is 694 g/mol. The number of para-hydroxylation sites is 1. The lowest BCUT2D eigenvalue weighted by Crippen LogP contribution is -2.33. The number of nitrogens with zero attached hydrogens (tertiary/aromatic N) is 2. The fraction of sp³-hybridized carbons (Fsp3) is 0.0204. The molecule has 0 aliphatic carbocycles. The van der Waals surface area contributed by atoms with Gasteiger partial charge in [0.2, 0.25) is 0 Å². The molecule has 1 aliphatic rings. The highest BCUT2D eigenvalue weighted by atomic mass is 16.3. The molecule has 0 amide bonds. The second-order valence-corrected chi connectivity index (χ2v) is 13.8. The van der Waals surface area contributed by atoms with E-state index in [1.165, 1.54) is 10.9 Å². The molecular weight excluding hydrogens is 663 g/mol. The van der Waals surface area contributed by atoms with Gasteiger partial charge in [-0.25, -0.2) is 9.98 Å². The molecule has 1 N–H and O–H groups in total. The Morgan fingerprint density at radius 3 is 1.96 bits per heavy atom. The van der Waals surface area contributed by atoms with Crippen LogP contribution in [0, 0.1) is 0 Å². The smallest absolute Gasteiger partial charge is 0.159 e. The van der Waals surface area contributed by atoms with Crippen molar-refractivity contribution in [3.63, 3.8) is 0 Å². The Hall–Kier alpha value is -7.24. The number of fused-ring (bicyclic) bond motifs is 7. The summed E-state index contributed by atoms with van der Waals surface area (Å²) in [6.07, 6.45) is -0.414. The highest BCUT2D eigenvalue weighted by molar-refractivity contribution is 6.16. The number of nitrogens with one attached hydrogen (secondary N) is 1. The standard InChI is InChI=1S/C49H31N3O2/c1-2-10-30(11-3-1)32-20-23-33(24-21-32)47-50-48(36-25-22-31-12-4-5-13-34(31)28-36)52-49(51-47)40-16-9-19-43-46(40)39-27-26-35(29-44(39)54-43)37-15-8-18-42-45(37)38-14-6-7-17-41(38)53-42/h1-29,49H,(H,50,51,52). The van der Waals surface area contributed by atoms with Crippen molar-refractivity contribution in [2.24, 2.45) is 9.98 Å².